The first-order valence-electron chi connectivity index (χ1n) is 6.56. The van der Waals surface area contributed by atoms with Crippen LogP contribution >= 0.6 is 0 Å². The number of hydrogen-bond acceptors (Lipinski definition) is 3. The predicted molar refractivity (Wildman–Crippen MR) is 61.1 cm³/mol. The topological polar surface area (TPSA) is 53.2 Å². The van der Waals surface area contributed by atoms with Crippen molar-refractivity contribution in [3.8, 4) is 6.07 Å². The van der Waals surface area contributed by atoms with E-state index in [9.17, 15) is 23.5 Å². The summed E-state index contributed by atoms with van der Waals surface area (Å²) in [6.45, 7) is 1.47. The van der Waals surface area contributed by atoms with Crippen molar-refractivity contribution in [2.24, 2.45) is 5.41 Å². The highest BCUT2D eigenvalue weighted by Crippen LogP contribution is 2.54. The van der Waals surface area contributed by atoms with Gasteiger partial charge in [0.15, 0.2) is 0 Å². The molecule has 0 aromatic carbocycles. The summed E-state index contributed by atoms with van der Waals surface area (Å²) < 4.78 is 42.1. The summed E-state index contributed by atoms with van der Waals surface area (Å²) in [6.07, 6.45) is -3.74. The zero-order valence-electron chi connectivity index (χ0n) is 10.8. The highest BCUT2D eigenvalue weighted by molar-refractivity contribution is 5.19. The van der Waals surface area contributed by atoms with Gasteiger partial charge in [0.25, 0.3) is 0 Å². The average molecular weight is 277 g/mol. The Hall–Kier alpha value is -0.800. The van der Waals surface area contributed by atoms with E-state index >= 15 is 0 Å². The summed E-state index contributed by atoms with van der Waals surface area (Å²) in [5.74, 6) is 0. The molecule has 2 saturated heterocycles. The minimum atomic E-state index is -4.22. The molecule has 0 aromatic heterocycles. The van der Waals surface area contributed by atoms with Crippen molar-refractivity contribution in [2.75, 3.05) is 0 Å². The monoisotopic (exact) mass is 277 g/mol. The van der Waals surface area contributed by atoms with E-state index in [-0.39, 0.29) is 25.0 Å². The molecule has 2 heterocycles. The van der Waals surface area contributed by atoms with E-state index < -0.39 is 23.6 Å². The number of fused-ring (bicyclic) bond motifs is 2. The van der Waals surface area contributed by atoms with Crippen LogP contribution in [-0.2, 0) is 4.74 Å². The van der Waals surface area contributed by atoms with E-state index in [1.54, 1.807) is 0 Å². The van der Waals surface area contributed by atoms with Gasteiger partial charge in [0.05, 0.1) is 23.9 Å². The number of ether oxygens (including phenoxy) is 1. The Kier molecular flexibility index (Phi) is 3.56. The van der Waals surface area contributed by atoms with Gasteiger partial charge in [0.2, 0.25) is 0 Å². The molecular formula is C13H18F3NO2. The standard InChI is InChI=1S/C13H18F3NO2/c1-11(18,5-2-6-13(14,15)16)12(8-17)7-9-3-4-10(12)19-9/h9-10,18H,2-7H2,1H3. The zero-order chi connectivity index (χ0) is 14.3. The lowest BCUT2D eigenvalue weighted by molar-refractivity contribution is -0.141. The molecule has 0 spiro atoms. The van der Waals surface area contributed by atoms with E-state index in [1.807, 2.05) is 0 Å². The summed E-state index contributed by atoms with van der Waals surface area (Å²) in [7, 11) is 0. The Morgan fingerprint density at radius 3 is 2.47 bits per heavy atom. The molecule has 1 N–H and O–H groups in total. The fraction of sp³-hybridized carbons (Fsp3) is 0.923. The fourth-order valence-corrected chi connectivity index (χ4v) is 3.37. The van der Waals surface area contributed by atoms with Crippen molar-refractivity contribution < 1.29 is 23.0 Å². The van der Waals surface area contributed by atoms with Gasteiger partial charge in [0.1, 0.15) is 5.41 Å². The summed E-state index contributed by atoms with van der Waals surface area (Å²) in [5.41, 5.74) is -2.49. The smallest absolute Gasteiger partial charge is 0.388 e. The van der Waals surface area contributed by atoms with Gasteiger partial charge >= 0.3 is 6.18 Å². The number of rotatable bonds is 4. The number of nitrogens with zero attached hydrogens (tertiary/aromatic N) is 1. The lowest BCUT2D eigenvalue weighted by Crippen LogP contribution is -2.51. The second-order valence-electron chi connectivity index (χ2n) is 5.85. The third kappa shape index (κ3) is 2.59. The summed E-state index contributed by atoms with van der Waals surface area (Å²) >= 11 is 0. The van der Waals surface area contributed by atoms with Gasteiger partial charge in [0, 0.05) is 6.42 Å². The summed E-state index contributed by atoms with van der Waals surface area (Å²) in [5, 5.41) is 19.9. The van der Waals surface area contributed by atoms with Gasteiger partial charge in [-0.1, -0.05) is 0 Å². The molecule has 0 radical (unpaired) electrons. The third-order valence-electron chi connectivity index (χ3n) is 4.49. The molecule has 6 heteroatoms. The van der Waals surface area contributed by atoms with Crippen molar-refractivity contribution in [3.63, 3.8) is 0 Å². The van der Waals surface area contributed by atoms with Crippen LogP contribution in [0.2, 0.25) is 0 Å². The quantitative estimate of drug-likeness (QED) is 0.859. The van der Waals surface area contributed by atoms with Crippen LogP contribution in [0, 0.1) is 16.7 Å². The largest absolute Gasteiger partial charge is 0.389 e. The minimum absolute atomic E-state index is 0.0289. The molecule has 4 atom stereocenters. The highest BCUT2D eigenvalue weighted by Gasteiger charge is 2.61. The van der Waals surface area contributed by atoms with Crippen molar-refractivity contribution in [2.45, 2.75) is 69.4 Å². The summed E-state index contributed by atoms with van der Waals surface area (Å²) in [4.78, 5) is 0. The van der Waals surface area contributed by atoms with Gasteiger partial charge in [-0.3, -0.25) is 0 Å². The Balaban J connectivity index is 2.04. The SMILES string of the molecule is CC(O)(CCCC(F)(F)F)C1(C#N)CC2CCC1O2. The van der Waals surface area contributed by atoms with Gasteiger partial charge < -0.3 is 9.84 Å². The zero-order valence-corrected chi connectivity index (χ0v) is 10.8. The predicted octanol–water partition coefficient (Wildman–Crippen LogP) is 2.93. The van der Waals surface area contributed by atoms with Crippen LogP contribution in [0.25, 0.3) is 0 Å². The molecule has 0 aromatic rings. The number of hydrogen-bond donors (Lipinski definition) is 1. The van der Waals surface area contributed by atoms with E-state index in [1.165, 1.54) is 6.92 Å². The van der Waals surface area contributed by atoms with Crippen molar-refractivity contribution in [3.05, 3.63) is 0 Å². The molecule has 3 nitrogen and oxygen atoms in total. The van der Waals surface area contributed by atoms with Crippen molar-refractivity contribution in [1.82, 2.24) is 0 Å². The lowest BCUT2D eigenvalue weighted by Gasteiger charge is -2.41. The molecule has 0 saturated carbocycles. The van der Waals surface area contributed by atoms with E-state index in [2.05, 4.69) is 6.07 Å². The van der Waals surface area contributed by atoms with E-state index in [0.29, 0.717) is 12.8 Å². The molecule has 2 aliphatic heterocycles. The molecule has 2 aliphatic rings. The van der Waals surface area contributed by atoms with Crippen LogP contribution in [0.15, 0.2) is 0 Å². The normalized spacial score (nSPS) is 37.1. The molecule has 2 bridgehead atoms. The maximum atomic E-state index is 12.2. The Morgan fingerprint density at radius 1 is 1.37 bits per heavy atom. The van der Waals surface area contributed by atoms with E-state index in [4.69, 9.17) is 4.74 Å². The van der Waals surface area contributed by atoms with Crippen LogP contribution in [-0.4, -0.2) is 29.1 Å². The van der Waals surface area contributed by atoms with Crippen LogP contribution in [0.3, 0.4) is 0 Å². The number of halogens is 3. The molecule has 0 aliphatic carbocycles. The highest BCUT2D eigenvalue weighted by atomic mass is 19.4. The van der Waals surface area contributed by atoms with Crippen LogP contribution in [0.1, 0.15) is 45.4 Å². The molecule has 108 valence electrons. The Morgan fingerprint density at radius 2 is 2.05 bits per heavy atom. The van der Waals surface area contributed by atoms with Gasteiger partial charge in [-0.15, -0.1) is 0 Å². The van der Waals surface area contributed by atoms with Crippen LogP contribution in [0.5, 0.6) is 0 Å². The maximum Gasteiger partial charge on any atom is 0.389 e. The lowest BCUT2D eigenvalue weighted by atomic mass is 9.63. The summed E-state index contributed by atoms with van der Waals surface area (Å²) in [6, 6.07) is 2.14. The van der Waals surface area contributed by atoms with Gasteiger partial charge in [-0.2, -0.15) is 18.4 Å². The molecule has 19 heavy (non-hydrogen) atoms. The van der Waals surface area contributed by atoms with Gasteiger partial charge in [-0.05, 0) is 39.0 Å². The molecular weight excluding hydrogens is 259 g/mol. The maximum absolute atomic E-state index is 12.2. The molecule has 4 unspecified atom stereocenters. The first kappa shape index (κ1) is 14.6. The van der Waals surface area contributed by atoms with Gasteiger partial charge in [-0.25, -0.2) is 0 Å². The third-order valence-corrected chi connectivity index (χ3v) is 4.49. The Labute approximate surface area is 110 Å². The van der Waals surface area contributed by atoms with Crippen LogP contribution in [0.4, 0.5) is 13.2 Å². The fourth-order valence-electron chi connectivity index (χ4n) is 3.37. The second kappa shape index (κ2) is 4.64. The Bertz CT molecular complexity index is 388. The first-order chi connectivity index (χ1) is 8.70. The molecule has 2 rings (SSSR count). The number of aliphatic hydroxyl groups is 1. The minimum Gasteiger partial charge on any atom is -0.388 e. The molecule has 2 fully saturated rings. The van der Waals surface area contributed by atoms with Crippen molar-refractivity contribution >= 4 is 0 Å². The van der Waals surface area contributed by atoms with Crippen LogP contribution < -0.4 is 0 Å². The average Bonchev–Trinajstić information content (AvgIpc) is 2.86. The first-order valence-corrected chi connectivity index (χ1v) is 6.56. The van der Waals surface area contributed by atoms with Crippen molar-refractivity contribution in [1.29, 1.82) is 5.26 Å². The second-order valence-corrected chi connectivity index (χ2v) is 5.85. The molecule has 0 amide bonds. The van der Waals surface area contributed by atoms with E-state index in [0.717, 1.165) is 6.42 Å². The number of nitriles is 1. The number of alkyl halides is 3.